The first-order valence-corrected chi connectivity index (χ1v) is 5.13. The number of nitrogens with one attached hydrogen (secondary N) is 1. The summed E-state index contributed by atoms with van der Waals surface area (Å²) in [6.07, 6.45) is 2.64. The highest BCUT2D eigenvalue weighted by Crippen LogP contribution is 2.23. The van der Waals surface area contributed by atoms with Gasteiger partial charge < -0.3 is 5.32 Å². The van der Waals surface area contributed by atoms with E-state index >= 15 is 0 Å². The van der Waals surface area contributed by atoms with Crippen molar-refractivity contribution in [2.45, 2.75) is 37.2 Å². The molecule has 0 radical (unpaired) electrons. The molecule has 60 valence electrons. The lowest BCUT2D eigenvalue weighted by Crippen LogP contribution is -2.22. The Labute approximate surface area is 68.0 Å². The summed E-state index contributed by atoms with van der Waals surface area (Å²) >= 11 is 2.14. The van der Waals surface area contributed by atoms with Crippen LogP contribution in [0.2, 0.25) is 0 Å². The molecular weight excluding hydrogens is 142 g/mol. The van der Waals surface area contributed by atoms with Gasteiger partial charge in [0.1, 0.15) is 0 Å². The first kappa shape index (κ1) is 8.41. The molecule has 1 N–H and O–H groups in total. The lowest BCUT2D eigenvalue weighted by atomic mass is 10.3. The summed E-state index contributed by atoms with van der Waals surface area (Å²) in [4.78, 5) is 0. The monoisotopic (exact) mass is 159 g/mol. The first-order chi connectivity index (χ1) is 4.83. The van der Waals surface area contributed by atoms with E-state index in [1.165, 1.54) is 25.9 Å². The van der Waals surface area contributed by atoms with Crippen molar-refractivity contribution in [1.29, 1.82) is 0 Å². The van der Waals surface area contributed by atoms with Crippen LogP contribution in [-0.2, 0) is 0 Å². The van der Waals surface area contributed by atoms with Gasteiger partial charge in [-0.2, -0.15) is 11.8 Å². The molecule has 0 bridgehead atoms. The second kappa shape index (κ2) is 4.24. The molecule has 1 saturated heterocycles. The van der Waals surface area contributed by atoms with E-state index in [9.17, 15) is 0 Å². The maximum Gasteiger partial charge on any atom is 0.0172 e. The van der Waals surface area contributed by atoms with E-state index in [4.69, 9.17) is 0 Å². The van der Waals surface area contributed by atoms with Crippen LogP contribution in [0.4, 0.5) is 0 Å². The van der Waals surface area contributed by atoms with E-state index in [1.807, 2.05) is 0 Å². The van der Waals surface area contributed by atoms with Crippen LogP contribution in [0.15, 0.2) is 0 Å². The van der Waals surface area contributed by atoms with Crippen molar-refractivity contribution in [2.75, 3.05) is 13.1 Å². The van der Waals surface area contributed by atoms with Gasteiger partial charge >= 0.3 is 0 Å². The van der Waals surface area contributed by atoms with Gasteiger partial charge in [0.15, 0.2) is 0 Å². The second-order valence-electron chi connectivity index (χ2n) is 2.97. The van der Waals surface area contributed by atoms with Gasteiger partial charge in [-0.25, -0.2) is 0 Å². The van der Waals surface area contributed by atoms with E-state index in [2.05, 4.69) is 30.9 Å². The Morgan fingerprint density at radius 3 is 3.10 bits per heavy atom. The third-order valence-corrected chi connectivity index (χ3v) is 3.56. The summed E-state index contributed by atoms with van der Waals surface area (Å²) in [5.74, 6) is 0. The van der Waals surface area contributed by atoms with Gasteiger partial charge in [-0.1, -0.05) is 13.8 Å². The highest BCUT2D eigenvalue weighted by atomic mass is 32.2. The van der Waals surface area contributed by atoms with E-state index in [-0.39, 0.29) is 0 Å². The highest BCUT2D eigenvalue weighted by Gasteiger charge is 2.14. The average molecular weight is 159 g/mol. The van der Waals surface area contributed by atoms with Gasteiger partial charge in [-0.05, 0) is 19.4 Å². The van der Waals surface area contributed by atoms with Crippen LogP contribution in [0.25, 0.3) is 0 Å². The Morgan fingerprint density at radius 1 is 1.60 bits per heavy atom. The van der Waals surface area contributed by atoms with E-state index in [1.54, 1.807) is 0 Å². The average Bonchev–Trinajstić information content (AvgIpc) is 2.13. The standard InChI is InChI=1S/C8H17NS/c1-3-8-6-9-5-4-7(2)10-8/h7-9H,3-6H2,1-2H3. The van der Waals surface area contributed by atoms with Crippen molar-refractivity contribution in [3.8, 4) is 0 Å². The number of hydrogen-bond donors (Lipinski definition) is 1. The summed E-state index contributed by atoms with van der Waals surface area (Å²) in [7, 11) is 0. The molecule has 0 aromatic carbocycles. The minimum absolute atomic E-state index is 0.859. The lowest BCUT2D eigenvalue weighted by molar-refractivity contribution is 0.648. The molecule has 2 atom stereocenters. The predicted octanol–water partition coefficient (Wildman–Crippen LogP) is 1.88. The molecule has 1 fully saturated rings. The molecule has 2 unspecified atom stereocenters. The van der Waals surface area contributed by atoms with Gasteiger partial charge in [0.25, 0.3) is 0 Å². The van der Waals surface area contributed by atoms with Crippen molar-refractivity contribution in [3.05, 3.63) is 0 Å². The van der Waals surface area contributed by atoms with Crippen LogP contribution < -0.4 is 5.32 Å². The fraction of sp³-hybridized carbons (Fsp3) is 1.00. The van der Waals surface area contributed by atoms with Gasteiger partial charge in [-0.3, -0.25) is 0 Å². The summed E-state index contributed by atoms with van der Waals surface area (Å²) < 4.78 is 0. The Kier molecular flexibility index (Phi) is 3.57. The number of hydrogen-bond acceptors (Lipinski definition) is 2. The van der Waals surface area contributed by atoms with Crippen molar-refractivity contribution < 1.29 is 0 Å². The smallest absolute Gasteiger partial charge is 0.0172 e. The Hall–Kier alpha value is 0.310. The summed E-state index contributed by atoms with van der Waals surface area (Å²) in [6, 6.07) is 0. The van der Waals surface area contributed by atoms with Crippen molar-refractivity contribution in [1.82, 2.24) is 5.32 Å². The molecule has 1 heterocycles. The fourth-order valence-electron chi connectivity index (χ4n) is 1.25. The second-order valence-corrected chi connectivity index (χ2v) is 4.71. The van der Waals surface area contributed by atoms with Gasteiger partial charge in [0.2, 0.25) is 0 Å². The zero-order chi connectivity index (χ0) is 7.40. The Balaban J connectivity index is 2.30. The topological polar surface area (TPSA) is 12.0 Å². The van der Waals surface area contributed by atoms with Gasteiger partial charge in [0, 0.05) is 17.0 Å². The summed E-state index contributed by atoms with van der Waals surface area (Å²) in [6.45, 7) is 7.04. The molecule has 2 heteroatoms. The van der Waals surface area contributed by atoms with Gasteiger partial charge in [-0.15, -0.1) is 0 Å². The van der Waals surface area contributed by atoms with E-state index < -0.39 is 0 Å². The SMILES string of the molecule is CCC1CNCCC(C)S1. The molecule has 0 spiro atoms. The van der Waals surface area contributed by atoms with Crippen LogP contribution in [-0.4, -0.2) is 23.6 Å². The number of rotatable bonds is 1. The van der Waals surface area contributed by atoms with Crippen LogP contribution in [0.5, 0.6) is 0 Å². The predicted molar refractivity (Wildman–Crippen MR) is 48.6 cm³/mol. The Bertz CT molecular complexity index is 95.3. The van der Waals surface area contributed by atoms with Crippen molar-refractivity contribution in [3.63, 3.8) is 0 Å². The molecular formula is C8H17NS. The molecule has 0 saturated carbocycles. The van der Waals surface area contributed by atoms with Crippen LogP contribution in [0, 0.1) is 0 Å². The quantitative estimate of drug-likeness (QED) is 0.627. The normalized spacial score (nSPS) is 35.4. The molecule has 0 aromatic heterocycles. The molecule has 1 nitrogen and oxygen atoms in total. The molecule has 1 aliphatic rings. The molecule has 1 rings (SSSR count). The zero-order valence-electron chi connectivity index (χ0n) is 6.89. The maximum absolute atomic E-state index is 3.46. The van der Waals surface area contributed by atoms with E-state index in [0.29, 0.717) is 0 Å². The summed E-state index contributed by atoms with van der Waals surface area (Å²) in [5, 5.41) is 5.18. The largest absolute Gasteiger partial charge is 0.316 e. The fourth-order valence-corrected chi connectivity index (χ4v) is 2.57. The van der Waals surface area contributed by atoms with Crippen LogP contribution in [0.1, 0.15) is 26.7 Å². The third kappa shape index (κ3) is 2.51. The van der Waals surface area contributed by atoms with Crippen molar-refractivity contribution >= 4 is 11.8 Å². The highest BCUT2D eigenvalue weighted by molar-refractivity contribution is 8.00. The summed E-state index contributed by atoms with van der Waals surface area (Å²) in [5.41, 5.74) is 0. The Morgan fingerprint density at radius 2 is 2.40 bits per heavy atom. The maximum atomic E-state index is 3.46. The lowest BCUT2D eigenvalue weighted by Gasteiger charge is -2.13. The zero-order valence-corrected chi connectivity index (χ0v) is 7.71. The van der Waals surface area contributed by atoms with Gasteiger partial charge in [0.05, 0.1) is 0 Å². The van der Waals surface area contributed by atoms with Crippen LogP contribution in [0.3, 0.4) is 0 Å². The molecule has 0 aromatic rings. The van der Waals surface area contributed by atoms with Crippen molar-refractivity contribution in [2.24, 2.45) is 0 Å². The number of thioether (sulfide) groups is 1. The molecule has 1 aliphatic heterocycles. The minimum atomic E-state index is 0.859. The van der Waals surface area contributed by atoms with Crippen LogP contribution >= 0.6 is 11.8 Å². The first-order valence-electron chi connectivity index (χ1n) is 4.19. The minimum Gasteiger partial charge on any atom is -0.316 e. The third-order valence-electron chi connectivity index (χ3n) is 1.98. The van der Waals surface area contributed by atoms with E-state index in [0.717, 1.165) is 10.5 Å². The molecule has 10 heavy (non-hydrogen) atoms. The molecule has 0 aliphatic carbocycles. The molecule has 0 amide bonds.